The molecule has 3 rings (SSSR count). The van der Waals surface area contributed by atoms with Crippen molar-refractivity contribution in [3.05, 3.63) is 23.3 Å². The molecule has 8 heteroatoms. The Hall–Kier alpha value is -2.19. The van der Waals surface area contributed by atoms with Gasteiger partial charge in [-0.25, -0.2) is 4.98 Å². The third kappa shape index (κ3) is 3.34. The van der Waals surface area contributed by atoms with E-state index in [0.29, 0.717) is 29.0 Å². The van der Waals surface area contributed by atoms with Gasteiger partial charge in [-0.15, -0.1) is 11.3 Å². The van der Waals surface area contributed by atoms with Crippen LogP contribution in [0, 0.1) is 11.8 Å². The Kier molecular flexibility index (Phi) is 4.68. The first kappa shape index (κ1) is 16.7. The minimum absolute atomic E-state index is 0.0489. The van der Waals surface area contributed by atoms with Crippen LogP contribution in [0.5, 0.6) is 0 Å². The zero-order valence-corrected chi connectivity index (χ0v) is 14.4. The minimum Gasteiger partial charge on any atom is -0.377 e. The van der Waals surface area contributed by atoms with Gasteiger partial charge in [-0.2, -0.15) is 0 Å². The molecule has 0 radical (unpaired) electrons. The van der Waals surface area contributed by atoms with Crippen molar-refractivity contribution in [3.63, 3.8) is 0 Å². The largest absolute Gasteiger partial charge is 0.377 e. The summed E-state index contributed by atoms with van der Waals surface area (Å²) in [4.78, 5) is 30.8. The first-order valence-corrected chi connectivity index (χ1v) is 8.70. The summed E-state index contributed by atoms with van der Waals surface area (Å²) in [5, 5.41) is 5.24. The number of rotatable bonds is 5. The van der Waals surface area contributed by atoms with Crippen LogP contribution in [0.2, 0.25) is 0 Å². The second kappa shape index (κ2) is 6.74. The van der Waals surface area contributed by atoms with Crippen molar-refractivity contribution < 1.29 is 14.3 Å². The van der Waals surface area contributed by atoms with Gasteiger partial charge < -0.3 is 20.8 Å². The first-order valence-electron chi connectivity index (χ1n) is 7.82. The number of anilines is 1. The fourth-order valence-corrected chi connectivity index (χ4v) is 3.62. The molecule has 0 spiro atoms. The number of H-pyrrole nitrogens is 1. The third-order valence-electron chi connectivity index (χ3n) is 4.11. The molecule has 128 valence electrons. The smallest absolute Gasteiger partial charge is 0.265 e. The van der Waals surface area contributed by atoms with Gasteiger partial charge in [-0.1, -0.05) is 13.8 Å². The van der Waals surface area contributed by atoms with E-state index >= 15 is 0 Å². The van der Waals surface area contributed by atoms with Gasteiger partial charge in [0.05, 0.1) is 17.7 Å². The van der Waals surface area contributed by atoms with Gasteiger partial charge in [0.1, 0.15) is 5.69 Å². The van der Waals surface area contributed by atoms with Crippen LogP contribution in [-0.2, 0) is 9.53 Å². The number of nitrogens with two attached hydrogens (primary N) is 1. The number of aromatic amines is 1. The third-order valence-corrected chi connectivity index (χ3v) is 4.87. The van der Waals surface area contributed by atoms with Crippen LogP contribution in [-0.4, -0.2) is 34.5 Å². The summed E-state index contributed by atoms with van der Waals surface area (Å²) in [5.41, 5.74) is 6.99. The van der Waals surface area contributed by atoms with Gasteiger partial charge in [-0.05, 0) is 18.4 Å². The lowest BCUT2D eigenvalue weighted by Gasteiger charge is -2.20. The summed E-state index contributed by atoms with van der Waals surface area (Å²) in [6, 6.07) is 1.64. The van der Waals surface area contributed by atoms with Gasteiger partial charge in [0.2, 0.25) is 5.91 Å². The molecule has 1 fully saturated rings. The molecule has 7 nitrogen and oxygen atoms in total. The molecular formula is C16H20N4O3S. The number of hydrogen-bond donors (Lipinski definition) is 3. The molecule has 3 heterocycles. The number of nitrogens with zero attached hydrogens (tertiary/aromatic N) is 1. The molecule has 1 saturated heterocycles. The molecule has 1 aliphatic rings. The zero-order chi connectivity index (χ0) is 17.3. The van der Waals surface area contributed by atoms with Crippen LogP contribution >= 0.6 is 11.3 Å². The fraction of sp³-hybridized carbons (Fsp3) is 0.438. The molecule has 2 unspecified atom stereocenters. The number of primary amides is 1. The number of hydrogen-bond acceptors (Lipinski definition) is 5. The lowest BCUT2D eigenvalue weighted by Crippen LogP contribution is -2.32. The zero-order valence-electron chi connectivity index (χ0n) is 13.5. The van der Waals surface area contributed by atoms with Crippen LogP contribution in [0.25, 0.3) is 11.3 Å². The highest BCUT2D eigenvalue weighted by Crippen LogP contribution is 2.30. The van der Waals surface area contributed by atoms with Gasteiger partial charge in [0.25, 0.3) is 5.91 Å². The average Bonchev–Trinajstić information content (AvgIpc) is 3.26. The van der Waals surface area contributed by atoms with Gasteiger partial charge in [-0.3, -0.25) is 9.59 Å². The van der Waals surface area contributed by atoms with Crippen LogP contribution in [0.4, 0.5) is 5.13 Å². The van der Waals surface area contributed by atoms with Crippen molar-refractivity contribution >= 4 is 28.3 Å². The van der Waals surface area contributed by atoms with Crippen molar-refractivity contribution in [2.75, 3.05) is 11.9 Å². The van der Waals surface area contributed by atoms with Crippen LogP contribution in [0.15, 0.2) is 17.6 Å². The molecule has 4 N–H and O–H groups in total. The Balaban J connectivity index is 1.69. The molecule has 2 atom stereocenters. The number of carbonyl (C=O) groups is 2. The van der Waals surface area contributed by atoms with E-state index in [1.165, 1.54) is 11.3 Å². The maximum atomic E-state index is 12.5. The SMILES string of the molecule is CC(C)C1OCCC1C(=O)Nc1nc(-c2c[nH]c(C(N)=O)c2)cs1. The van der Waals surface area contributed by atoms with Gasteiger partial charge in [0, 0.05) is 23.7 Å². The Morgan fingerprint density at radius 1 is 1.50 bits per heavy atom. The van der Waals surface area contributed by atoms with Crippen LogP contribution < -0.4 is 11.1 Å². The molecule has 2 aromatic rings. The van der Waals surface area contributed by atoms with Gasteiger partial charge in [0.15, 0.2) is 5.13 Å². The highest BCUT2D eigenvalue weighted by atomic mass is 32.1. The lowest BCUT2D eigenvalue weighted by molar-refractivity contribution is -0.122. The predicted octanol–water partition coefficient (Wildman–Crippen LogP) is 2.24. The number of ether oxygens (including phenoxy) is 1. The number of amides is 2. The van der Waals surface area contributed by atoms with Gasteiger partial charge >= 0.3 is 0 Å². The number of carbonyl (C=O) groups excluding carboxylic acids is 2. The molecule has 0 aromatic carbocycles. The topological polar surface area (TPSA) is 110 Å². The van der Waals surface area contributed by atoms with Crippen molar-refractivity contribution in [2.24, 2.45) is 17.6 Å². The van der Waals surface area contributed by atoms with Crippen molar-refractivity contribution in [2.45, 2.75) is 26.4 Å². The summed E-state index contributed by atoms with van der Waals surface area (Å²) in [6.45, 7) is 4.73. The Bertz CT molecular complexity index is 752. The molecule has 0 aliphatic carbocycles. The highest BCUT2D eigenvalue weighted by Gasteiger charge is 2.36. The average molecular weight is 348 g/mol. The van der Waals surface area contributed by atoms with Crippen molar-refractivity contribution in [1.82, 2.24) is 9.97 Å². The first-order chi connectivity index (χ1) is 11.5. The number of thiazole rings is 1. The molecule has 2 amide bonds. The second-order valence-corrected chi connectivity index (χ2v) is 7.03. The molecular weight excluding hydrogens is 328 g/mol. The van der Waals surface area contributed by atoms with Crippen molar-refractivity contribution in [3.8, 4) is 11.3 Å². The summed E-state index contributed by atoms with van der Waals surface area (Å²) < 4.78 is 5.66. The van der Waals surface area contributed by atoms with E-state index < -0.39 is 5.91 Å². The van der Waals surface area contributed by atoms with E-state index in [4.69, 9.17) is 10.5 Å². The molecule has 2 aromatic heterocycles. The molecule has 0 bridgehead atoms. The Morgan fingerprint density at radius 3 is 2.96 bits per heavy atom. The van der Waals surface area contributed by atoms with E-state index in [1.54, 1.807) is 12.3 Å². The Labute approximate surface area is 143 Å². The molecule has 0 saturated carbocycles. The number of nitrogens with one attached hydrogen (secondary N) is 2. The van der Waals surface area contributed by atoms with Crippen LogP contribution in [0.3, 0.4) is 0 Å². The summed E-state index contributed by atoms with van der Waals surface area (Å²) in [5.74, 6) is -0.432. The summed E-state index contributed by atoms with van der Waals surface area (Å²) >= 11 is 1.34. The van der Waals surface area contributed by atoms with Crippen LogP contribution in [0.1, 0.15) is 30.8 Å². The minimum atomic E-state index is -0.522. The standard InChI is InChI=1S/C16H20N4O3S/c1-8(2)13-10(3-4-23-13)15(22)20-16-19-12(7-24-16)9-5-11(14(17)21)18-6-9/h5-8,10,13,18H,3-4H2,1-2H3,(H2,17,21)(H,19,20,22). The van der Waals surface area contributed by atoms with E-state index in [9.17, 15) is 9.59 Å². The normalized spacial score (nSPS) is 20.5. The maximum absolute atomic E-state index is 12.5. The maximum Gasteiger partial charge on any atom is 0.265 e. The monoisotopic (exact) mass is 348 g/mol. The predicted molar refractivity (Wildman–Crippen MR) is 91.7 cm³/mol. The number of aromatic nitrogens is 2. The van der Waals surface area contributed by atoms with E-state index in [-0.39, 0.29) is 17.9 Å². The second-order valence-electron chi connectivity index (χ2n) is 6.17. The summed E-state index contributed by atoms with van der Waals surface area (Å²) in [7, 11) is 0. The fourth-order valence-electron chi connectivity index (χ4n) is 2.90. The molecule has 1 aliphatic heterocycles. The highest BCUT2D eigenvalue weighted by molar-refractivity contribution is 7.14. The van der Waals surface area contributed by atoms with E-state index in [1.807, 2.05) is 5.38 Å². The van der Waals surface area contributed by atoms with E-state index in [0.717, 1.165) is 12.0 Å². The Morgan fingerprint density at radius 2 is 2.29 bits per heavy atom. The lowest BCUT2D eigenvalue weighted by atomic mass is 9.92. The molecule has 24 heavy (non-hydrogen) atoms. The quantitative estimate of drug-likeness (QED) is 0.769. The van der Waals surface area contributed by atoms with Crippen molar-refractivity contribution in [1.29, 1.82) is 0 Å². The summed E-state index contributed by atoms with van der Waals surface area (Å²) in [6.07, 6.45) is 2.35. The van der Waals surface area contributed by atoms with E-state index in [2.05, 4.69) is 29.1 Å².